The van der Waals surface area contributed by atoms with Crippen molar-refractivity contribution in [2.75, 3.05) is 5.32 Å². The molecule has 0 aromatic heterocycles. The number of amides is 1. The van der Waals surface area contributed by atoms with Gasteiger partial charge in [-0.3, -0.25) is 4.79 Å². The van der Waals surface area contributed by atoms with Crippen LogP contribution in [0.2, 0.25) is 0 Å². The van der Waals surface area contributed by atoms with Crippen LogP contribution in [-0.4, -0.2) is 5.91 Å². The molecular weight excluding hydrogens is 555 g/mol. The molecule has 0 unspecified atom stereocenters. The van der Waals surface area contributed by atoms with Crippen molar-refractivity contribution in [3.8, 4) is 11.8 Å². The van der Waals surface area contributed by atoms with Crippen molar-refractivity contribution in [1.29, 1.82) is 5.26 Å². The smallest absolute Gasteiger partial charge is 0.266 e. The number of ether oxygens (including phenoxy) is 1. The van der Waals surface area contributed by atoms with Gasteiger partial charge in [-0.2, -0.15) is 5.26 Å². The van der Waals surface area contributed by atoms with Gasteiger partial charge in [0.1, 0.15) is 24.0 Å². The Hall–Kier alpha value is -2.63. The number of carbonyl (C=O) groups excluding carboxylic acids is 1. The van der Waals surface area contributed by atoms with Crippen LogP contribution in [0.25, 0.3) is 6.08 Å². The van der Waals surface area contributed by atoms with Crippen LogP contribution in [0, 0.1) is 21.8 Å². The van der Waals surface area contributed by atoms with Gasteiger partial charge in [-0.1, -0.05) is 45.8 Å². The molecule has 4 nitrogen and oxygen atoms in total. The molecule has 3 aromatic carbocycles. The summed E-state index contributed by atoms with van der Waals surface area (Å²) in [5, 5.41) is 12.3. The summed E-state index contributed by atoms with van der Waals surface area (Å²) in [6, 6.07) is 22.9. The number of benzene rings is 3. The van der Waals surface area contributed by atoms with E-state index in [2.05, 4.69) is 43.8 Å². The monoisotopic (exact) mass is 572 g/mol. The molecule has 1 N–H and O–H groups in total. The van der Waals surface area contributed by atoms with Gasteiger partial charge >= 0.3 is 0 Å². The van der Waals surface area contributed by atoms with E-state index >= 15 is 0 Å². The molecule has 0 saturated carbocycles. The zero-order valence-electron chi connectivity index (χ0n) is 16.2. The van der Waals surface area contributed by atoms with Crippen molar-refractivity contribution < 1.29 is 9.53 Å². The number of anilines is 1. The topological polar surface area (TPSA) is 62.1 Å². The van der Waals surface area contributed by atoms with Crippen LogP contribution in [-0.2, 0) is 11.4 Å². The highest BCUT2D eigenvalue weighted by atomic mass is 127. The van der Waals surface area contributed by atoms with Crippen molar-refractivity contribution in [1.82, 2.24) is 0 Å². The fourth-order valence-corrected chi connectivity index (χ4v) is 3.38. The molecule has 3 aromatic rings. The molecule has 0 radical (unpaired) electrons. The molecule has 0 saturated heterocycles. The molecule has 0 bridgehead atoms. The fraction of sp³-hybridized carbons (Fsp3) is 0.0833. The predicted octanol–water partition coefficient (Wildman–Crippen LogP) is 6.49. The minimum absolute atomic E-state index is 0.00668. The van der Waals surface area contributed by atoms with Gasteiger partial charge in [0.25, 0.3) is 5.91 Å². The summed E-state index contributed by atoms with van der Waals surface area (Å²) in [6.45, 7) is 2.36. The zero-order valence-corrected chi connectivity index (χ0v) is 19.9. The highest BCUT2D eigenvalue weighted by molar-refractivity contribution is 14.1. The van der Waals surface area contributed by atoms with Gasteiger partial charge in [0.15, 0.2) is 0 Å². The van der Waals surface area contributed by atoms with Gasteiger partial charge in [0, 0.05) is 19.3 Å². The van der Waals surface area contributed by atoms with Crippen LogP contribution in [0.3, 0.4) is 0 Å². The lowest BCUT2D eigenvalue weighted by molar-refractivity contribution is -0.112. The van der Waals surface area contributed by atoms with Gasteiger partial charge in [0.2, 0.25) is 0 Å². The zero-order chi connectivity index (χ0) is 21.5. The molecule has 0 fully saturated rings. The van der Waals surface area contributed by atoms with Crippen LogP contribution >= 0.6 is 38.5 Å². The molecule has 0 spiro atoms. The third-order valence-electron chi connectivity index (χ3n) is 4.25. The highest BCUT2D eigenvalue weighted by Crippen LogP contribution is 2.27. The summed E-state index contributed by atoms with van der Waals surface area (Å²) in [4.78, 5) is 12.6. The highest BCUT2D eigenvalue weighted by Gasteiger charge is 2.12. The third kappa shape index (κ3) is 6.18. The molecule has 0 aliphatic rings. The van der Waals surface area contributed by atoms with Crippen LogP contribution in [0.15, 0.2) is 76.8 Å². The minimum atomic E-state index is -0.468. The summed E-state index contributed by atoms with van der Waals surface area (Å²) in [5.41, 5.74) is 3.40. The predicted molar refractivity (Wildman–Crippen MR) is 131 cm³/mol. The summed E-state index contributed by atoms with van der Waals surface area (Å²) in [5.74, 6) is 0.123. The van der Waals surface area contributed by atoms with Crippen LogP contribution in [0.4, 0.5) is 5.69 Å². The second-order valence-corrected chi connectivity index (χ2v) is 8.75. The minimum Gasteiger partial charge on any atom is -0.488 e. The Kier molecular flexibility index (Phi) is 7.66. The number of nitrogens with zero attached hydrogens (tertiary/aromatic N) is 1. The number of hydrogen-bond acceptors (Lipinski definition) is 3. The second kappa shape index (κ2) is 10.4. The summed E-state index contributed by atoms with van der Waals surface area (Å²) >= 11 is 5.70. The maximum atomic E-state index is 12.6. The van der Waals surface area contributed by atoms with Crippen molar-refractivity contribution in [3.63, 3.8) is 0 Å². The Morgan fingerprint density at radius 2 is 1.83 bits per heavy atom. The maximum absolute atomic E-state index is 12.6. The van der Waals surface area contributed by atoms with E-state index < -0.39 is 5.91 Å². The molecule has 6 heteroatoms. The lowest BCUT2D eigenvalue weighted by Gasteiger charge is -2.11. The number of aryl methyl sites for hydroxylation is 1. The van der Waals surface area contributed by atoms with Crippen molar-refractivity contribution in [2.24, 2.45) is 0 Å². The van der Waals surface area contributed by atoms with E-state index in [0.29, 0.717) is 23.6 Å². The van der Waals surface area contributed by atoms with Crippen molar-refractivity contribution >= 4 is 56.2 Å². The van der Waals surface area contributed by atoms with Crippen molar-refractivity contribution in [2.45, 2.75) is 13.5 Å². The Morgan fingerprint density at radius 1 is 1.13 bits per heavy atom. The molecule has 0 heterocycles. The second-order valence-electron chi connectivity index (χ2n) is 6.59. The van der Waals surface area contributed by atoms with E-state index in [0.717, 1.165) is 19.2 Å². The number of carbonyl (C=O) groups is 1. The van der Waals surface area contributed by atoms with E-state index in [1.54, 1.807) is 12.1 Å². The normalized spacial score (nSPS) is 10.9. The quantitative estimate of drug-likeness (QED) is 0.209. The molecule has 1 amide bonds. The first-order valence-corrected chi connectivity index (χ1v) is 11.0. The largest absolute Gasteiger partial charge is 0.488 e. The fourth-order valence-electron chi connectivity index (χ4n) is 2.64. The average molecular weight is 573 g/mol. The Morgan fingerprint density at radius 3 is 2.50 bits per heavy atom. The van der Waals surface area contributed by atoms with E-state index in [1.165, 1.54) is 6.08 Å². The maximum Gasteiger partial charge on any atom is 0.266 e. The van der Waals surface area contributed by atoms with Crippen LogP contribution in [0.1, 0.15) is 16.7 Å². The van der Waals surface area contributed by atoms with Gasteiger partial charge in [0.05, 0.1) is 0 Å². The standard InChI is InChI=1S/C24H18BrIN2O2/c1-16-2-9-22(10-3-16)28-24(29)19(14-27)12-18-13-20(25)6-11-23(18)30-15-17-4-7-21(26)8-5-17/h2-13H,15H2,1H3,(H,28,29)/b19-12+. The third-order valence-corrected chi connectivity index (χ3v) is 5.47. The van der Waals surface area contributed by atoms with Crippen molar-refractivity contribution in [3.05, 3.63) is 97.0 Å². The van der Waals surface area contributed by atoms with Gasteiger partial charge in [-0.05, 0) is 83.6 Å². The Bertz CT molecular complexity index is 1120. The number of halogens is 2. The summed E-state index contributed by atoms with van der Waals surface area (Å²) in [7, 11) is 0. The first kappa shape index (κ1) is 22.1. The van der Waals surface area contributed by atoms with Gasteiger partial charge < -0.3 is 10.1 Å². The number of nitrogens with one attached hydrogen (secondary N) is 1. The van der Waals surface area contributed by atoms with Crippen LogP contribution in [0.5, 0.6) is 5.75 Å². The van der Waals surface area contributed by atoms with E-state index in [4.69, 9.17) is 4.74 Å². The van der Waals surface area contributed by atoms with E-state index in [1.807, 2.05) is 67.6 Å². The molecule has 0 aliphatic carbocycles. The lowest BCUT2D eigenvalue weighted by Crippen LogP contribution is -2.13. The average Bonchev–Trinajstić information content (AvgIpc) is 2.74. The molecule has 150 valence electrons. The van der Waals surface area contributed by atoms with E-state index in [-0.39, 0.29) is 5.57 Å². The summed E-state index contributed by atoms with van der Waals surface area (Å²) in [6.07, 6.45) is 1.54. The molecule has 30 heavy (non-hydrogen) atoms. The summed E-state index contributed by atoms with van der Waals surface area (Å²) < 4.78 is 7.95. The number of hydrogen-bond donors (Lipinski definition) is 1. The SMILES string of the molecule is Cc1ccc(NC(=O)/C(C#N)=C/c2cc(Br)ccc2OCc2ccc(I)cc2)cc1. The van der Waals surface area contributed by atoms with Crippen LogP contribution < -0.4 is 10.1 Å². The first-order chi connectivity index (χ1) is 14.4. The molecule has 0 atom stereocenters. The number of nitriles is 1. The number of rotatable bonds is 6. The molecular formula is C24H18BrIN2O2. The molecule has 0 aliphatic heterocycles. The lowest BCUT2D eigenvalue weighted by atomic mass is 10.1. The Balaban J connectivity index is 1.81. The molecule has 3 rings (SSSR count). The first-order valence-electron chi connectivity index (χ1n) is 9.11. The Labute approximate surface area is 197 Å². The van der Waals surface area contributed by atoms with Gasteiger partial charge in [-0.25, -0.2) is 0 Å². The van der Waals surface area contributed by atoms with E-state index in [9.17, 15) is 10.1 Å². The van der Waals surface area contributed by atoms with Gasteiger partial charge in [-0.15, -0.1) is 0 Å².